The van der Waals surface area contributed by atoms with Gasteiger partial charge in [0.1, 0.15) is 5.82 Å². The topological polar surface area (TPSA) is 49.3 Å². The fourth-order valence-corrected chi connectivity index (χ4v) is 1.49. The Morgan fingerprint density at radius 3 is 2.88 bits per heavy atom. The van der Waals surface area contributed by atoms with Crippen LogP contribution in [-0.2, 0) is 11.3 Å². The van der Waals surface area contributed by atoms with Crippen LogP contribution in [0.5, 0.6) is 0 Å². The van der Waals surface area contributed by atoms with E-state index in [2.05, 4.69) is 27.8 Å². The zero-order valence-electron chi connectivity index (χ0n) is 8.46. The van der Waals surface area contributed by atoms with Crippen LogP contribution in [0.3, 0.4) is 0 Å². The number of rotatable bonds is 5. The molecule has 0 spiro atoms. The summed E-state index contributed by atoms with van der Waals surface area (Å²) in [5.74, 6) is -1.36. The first-order valence-electron chi connectivity index (χ1n) is 4.56. The van der Waals surface area contributed by atoms with Gasteiger partial charge in [-0.25, -0.2) is 9.18 Å². The van der Waals surface area contributed by atoms with E-state index in [0.29, 0.717) is 6.54 Å². The maximum atomic E-state index is 12.9. The molecule has 0 saturated carbocycles. The van der Waals surface area contributed by atoms with Gasteiger partial charge in [0.05, 0.1) is 0 Å². The van der Waals surface area contributed by atoms with Gasteiger partial charge in [0.2, 0.25) is 0 Å². The highest BCUT2D eigenvalue weighted by molar-refractivity contribution is 9.10. The molecule has 0 aromatic heterocycles. The molecular formula is C11H11BrFNO2. The Bertz CT molecular complexity index is 420. The smallest absolute Gasteiger partial charge is 0.332 e. The number of carboxylic acids is 1. The molecular weight excluding hydrogens is 277 g/mol. The van der Waals surface area contributed by atoms with E-state index in [1.54, 1.807) is 6.07 Å². The molecule has 0 fully saturated rings. The Hall–Kier alpha value is -1.20. The number of hydrogen-bond donors (Lipinski definition) is 2. The molecule has 1 rings (SSSR count). The fourth-order valence-electron chi connectivity index (χ4n) is 1.10. The Balaban J connectivity index is 2.52. The van der Waals surface area contributed by atoms with E-state index in [0.717, 1.165) is 10.0 Å². The summed E-state index contributed by atoms with van der Waals surface area (Å²) in [6, 6.07) is 4.35. The van der Waals surface area contributed by atoms with Gasteiger partial charge in [-0.05, 0) is 23.8 Å². The largest absolute Gasteiger partial charge is 0.478 e. The first kappa shape index (κ1) is 12.9. The van der Waals surface area contributed by atoms with Crippen molar-refractivity contribution in [1.82, 2.24) is 5.32 Å². The van der Waals surface area contributed by atoms with Crippen molar-refractivity contribution in [2.75, 3.05) is 6.54 Å². The number of carbonyl (C=O) groups is 1. The van der Waals surface area contributed by atoms with Crippen molar-refractivity contribution in [1.29, 1.82) is 0 Å². The standard InChI is InChI=1S/C11H11BrFNO2/c1-7(11(15)16)5-14-6-8-4-9(13)2-3-10(8)12/h2-4,14H,1,5-6H2,(H,15,16). The van der Waals surface area contributed by atoms with Gasteiger partial charge in [0.25, 0.3) is 0 Å². The summed E-state index contributed by atoms with van der Waals surface area (Å²) in [5.41, 5.74) is 0.811. The van der Waals surface area contributed by atoms with Gasteiger partial charge in [-0.2, -0.15) is 0 Å². The Morgan fingerprint density at radius 2 is 2.25 bits per heavy atom. The second kappa shape index (κ2) is 5.77. The highest BCUT2D eigenvalue weighted by Crippen LogP contribution is 2.17. The minimum atomic E-state index is -1.04. The van der Waals surface area contributed by atoms with E-state index < -0.39 is 5.97 Å². The third-order valence-corrected chi connectivity index (χ3v) is 2.74. The van der Waals surface area contributed by atoms with Crippen molar-refractivity contribution in [2.24, 2.45) is 0 Å². The fraction of sp³-hybridized carbons (Fsp3) is 0.182. The van der Waals surface area contributed by atoms with Crippen molar-refractivity contribution in [3.05, 3.63) is 46.2 Å². The summed E-state index contributed by atoms with van der Waals surface area (Å²) in [4.78, 5) is 10.5. The van der Waals surface area contributed by atoms with Gasteiger partial charge in [-0.1, -0.05) is 22.5 Å². The molecule has 86 valence electrons. The third-order valence-electron chi connectivity index (χ3n) is 1.96. The Morgan fingerprint density at radius 1 is 1.56 bits per heavy atom. The molecule has 0 radical (unpaired) electrons. The maximum absolute atomic E-state index is 12.9. The summed E-state index contributed by atoms with van der Waals surface area (Å²) < 4.78 is 13.7. The van der Waals surface area contributed by atoms with Crippen molar-refractivity contribution in [3.8, 4) is 0 Å². The van der Waals surface area contributed by atoms with Gasteiger partial charge in [-0.15, -0.1) is 0 Å². The van der Waals surface area contributed by atoms with Crippen LogP contribution < -0.4 is 5.32 Å². The molecule has 3 nitrogen and oxygen atoms in total. The van der Waals surface area contributed by atoms with Gasteiger partial charge >= 0.3 is 5.97 Å². The number of aliphatic carboxylic acids is 1. The normalized spacial score (nSPS) is 10.1. The van der Waals surface area contributed by atoms with Crippen LogP contribution in [0.2, 0.25) is 0 Å². The summed E-state index contributed by atoms with van der Waals surface area (Å²) in [5, 5.41) is 11.4. The van der Waals surface area contributed by atoms with Crippen molar-refractivity contribution in [3.63, 3.8) is 0 Å². The van der Waals surface area contributed by atoms with E-state index in [9.17, 15) is 9.18 Å². The molecule has 0 bridgehead atoms. The molecule has 2 N–H and O–H groups in total. The van der Waals surface area contributed by atoms with Crippen LogP contribution in [0, 0.1) is 5.82 Å². The molecule has 0 aliphatic heterocycles. The van der Waals surface area contributed by atoms with Gasteiger partial charge in [0.15, 0.2) is 0 Å². The van der Waals surface area contributed by atoms with E-state index in [4.69, 9.17) is 5.11 Å². The molecule has 0 saturated heterocycles. The van der Waals surface area contributed by atoms with Crippen molar-refractivity contribution < 1.29 is 14.3 Å². The quantitative estimate of drug-likeness (QED) is 0.817. The van der Waals surface area contributed by atoms with Crippen molar-refractivity contribution >= 4 is 21.9 Å². The molecule has 16 heavy (non-hydrogen) atoms. The molecule has 0 aliphatic rings. The average Bonchev–Trinajstić information content (AvgIpc) is 2.22. The summed E-state index contributed by atoms with van der Waals surface area (Å²) in [6.07, 6.45) is 0. The first-order valence-corrected chi connectivity index (χ1v) is 5.35. The first-order chi connectivity index (χ1) is 7.50. The van der Waals surface area contributed by atoms with Gasteiger partial charge in [-0.3, -0.25) is 0 Å². The molecule has 0 atom stereocenters. The average molecular weight is 288 g/mol. The second-order valence-electron chi connectivity index (χ2n) is 3.25. The van der Waals surface area contributed by atoms with Gasteiger partial charge in [0, 0.05) is 23.1 Å². The van der Waals surface area contributed by atoms with Crippen LogP contribution in [0.15, 0.2) is 34.8 Å². The lowest BCUT2D eigenvalue weighted by atomic mass is 10.2. The molecule has 1 aromatic rings. The minimum Gasteiger partial charge on any atom is -0.478 e. The lowest BCUT2D eigenvalue weighted by molar-refractivity contribution is -0.132. The van der Waals surface area contributed by atoms with E-state index >= 15 is 0 Å². The minimum absolute atomic E-state index is 0.0764. The zero-order chi connectivity index (χ0) is 12.1. The zero-order valence-corrected chi connectivity index (χ0v) is 10.1. The van der Waals surface area contributed by atoms with E-state index in [-0.39, 0.29) is 17.9 Å². The van der Waals surface area contributed by atoms with Crippen LogP contribution in [0.4, 0.5) is 4.39 Å². The molecule has 1 aromatic carbocycles. The Kier molecular flexibility index (Phi) is 4.64. The number of hydrogen-bond acceptors (Lipinski definition) is 2. The molecule has 0 amide bonds. The van der Waals surface area contributed by atoms with Gasteiger partial charge < -0.3 is 10.4 Å². The molecule has 0 aliphatic carbocycles. The maximum Gasteiger partial charge on any atom is 0.332 e. The molecule has 0 heterocycles. The molecule has 5 heteroatoms. The lowest BCUT2D eigenvalue weighted by Crippen LogP contribution is -2.20. The number of halogens is 2. The predicted molar refractivity (Wildman–Crippen MR) is 62.6 cm³/mol. The SMILES string of the molecule is C=C(CNCc1cc(F)ccc1Br)C(=O)O. The van der Waals surface area contributed by atoms with Crippen LogP contribution in [0.1, 0.15) is 5.56 Å². The molecule has 0 unspecified atom stereocenters. The van der Waals surface area contributed by atoms with E-state index in [1.807, 2.05) is 0 Å². The second-order valence-corrected chi connectivity index (χ2v) is 4.10. The van der Waals surface area contributed by atoms with Crippen molar-refractivity contribution in [2.45, 2.75) is 6.54 Å². The summed E-state index contributed by atoms with van der Waals surface area (Å²) in [7, 11) is 0. The lowest BCUT2D eigenvalue weighted by Gasteiger charge is -2.06. The Labute approximate surface area is 101 Å². The van der Waals surface area contributed by atoms with E-state index in [1.165, 1.54) is 12.1 Å². The predicted octanol–water partition coefficient (Wildman–Crippen LogP) is 2.32. The van der Waals surface area contributed by atoms with Crippen LogP contribution >= 0.6 is 15.9 Å². The number of nitrogens with one attached hydrogen (secondary N) is 1. The third kappa shape index (κ3) is 3.75. The highest BCUT2D eigenvalue weighted by Gasteiger charge is 2.05. The van der Waals surface area contributed by atoms with Crippen LogP contribution in [-0.4, -0.2) is 17.6 Å². The highest BCUT2D eigenvalue weighted by atomic mass is 79.9. The number of benzene rings is 1. The summed E-state index contributed by atoms with van der Waals surface area (Å²) >= 11 is 3.28. The van der Waals surface area contributed by atoms with Crippen LogP contribution in [0.25, 0.3) is 0 Å². The monoisotopic (exact) mass is 287 g/mol. The number of carboxylic acid groups (broad SMARTS) is 1. The summed E-state index contributed by atoms with van der Waals surface area (Å²) in [6.45, 7) is 3.92.